The quantitative estimate of drug-likeness (QED) is 0.507. The molecule has 3 rings (SSSR count). The third-order valence-electron chi connectivity index (χ3n) is 2.91. The van der Waals surface area contributed by atoms with Gasteiger partial charge in [-0.25, -0.2) is 4.79 Å². The summed E-state index contributed by atoms with van der Waals surface area (Å²) in [6.45, 7) is 0. The highest BCUT2D eigenvalue weighted by molar-refractivity contribution is 5.81. The number of rotatable bonds is 2. The van der Waals surface area contributed by atoms with Crippen LogP contribution in [0.2, 0.25) is 0 Å². The van der Waals surface area contributed by atoms with Gasteiger partial charge in [-0.3, -0.25) is 0 Å². The van der Waals surface area contributed by atoms with E-state index in [1.807, 2.05) is 42.5 Å². The molecule has 0 saturated heterocycles. The van der Waals surface area contributed by atoms with Crippen LogP contribution in [0.3, 0.4) is 0 Å². The van der Waals surface area contributed by atoms with Gasteiger partial charge in [-0.15, -0.1) is 0 Å². The lowest BCUT2D eigenvalue weighted by atomic mass is 10.1. The van der Waals surface area contributed by atoms with Crippen LogP contribution in [0.25, 0.3) is 23.1 Å². The standard InChI is InChI=1S/C17H12O2/c18-17-11-9-15-12-14(8-10-16(15)19-17)7-6-13-4-2-1-3-5-13/h1-12H. The number of benzene rings is 2. The van der Waals surface area contributed by atoms with Crippen molar-refractivity contribution in [1.29, 1.82) is 0 Å². The Morgan fingerprint density at radius 1 is 0.789 bits per heavy atom. The summed E-state index contributed by atoms with van der Waals surface area (Å²) < 4.78 is 5.10. The highest BCUT2D eigenvalue weighted by atomic mass is 16.4. The predicted octanol–water partition coefficient (Wildman–Crippen LogP) is 3.96. The van der Waals surface area contributed by atoms with Gasteiger partial charge in [0.25, 0.3) is 0 Å². The average Bonchev–Trinajstić information content (AvgIpc) is 2.46. The Kier molecular flexibility index (Phi) is 2.99. The van der Waals surface area contributed by atoms with Gasteiger partial charge in [-0.1, -0.05) is 48.6 Å². The summed E-state index contributed by atoms with van der Waals surface area (Å²) in [7, 11) is 0. The van der Waals surface area contributed by atoms with Crippen LogP contribution in [0.4, 0.5) is 0 Å². The second kappa shape index (κ2) is 4.94. The molecule has 0 bridgehead atoms. The van der Waals surface area contributed by atoms with E-state index >= 15 is 0 Å². The van der Waals surface area contributed by atoms with Gasteiger partial charge in [-0.05, 0) is 29.3 Å². The van der Waals surface area contributed by atoms with Crippen molar-refractivity contribution in [1.82, 2.24) is 0 Å². The van der Waals surface area contributed by atoms with E-state index in [0.717, 1.165) is 16.5 Å². The zero-order valence-electron chi connectivity index (χ0n) is 10.2. The number of hydrogen-bond donors (Lipinski definition) is 0. The smallest absolute Gasteiger partial charge is 0.336 e. The molecule has 2 nitrogen and oxygen atoms in total. The zero-order valence-corrected chi connectivity index (χ0v) is 10.2. The topological polar surface area (TPSA) is 30.2 Å². The number of fused-ring (bicyclic) bond motifs is 1. The summed E-state index contributed by atoms with van der Waals surface area (Å²) in [5.41, 5.74) is 2.52. The largest absolute Gasteiger partial charge is 0.423 e. The molecule has 0 saturated carbocycles. The van der Waals surface area contributed by atoms with Gasteiger partial charge in [0, 0.05) is 11.5 Å². The van der Waals surface area contributed by atoms with Gasteiger partial charge in [0.2, 0.25) is 0 Å². The van der Waals surface area contributed by atoms with E-state index < -0.39 is 0 Å². The van der Waals surface area contributed by atoms with Crippen LogP contribution in [0, 0.1) is 0 Å². The molecule has 0 N–H and O–H groups in total. The normalized spacial score (nSPS) is 11.2. The van der Waals surface area contributed by atoms with Gasteiger partial charge < -0.3 is 4.42 Å². The lowest BCUT2D eigenvalue weighted by molar-refractivity contribution is 0.561. The van der Waals surface area contributed by atoms with Crippen molar-refractivity contribution in [2.75, 3.05) is 0 Å². The molecular formula is C17H12O2. The minimum Gasteiger partial charge on any atom is -0.423 e. The Morgan fingerprint density at radius 3 is 2.42 bits per heavy atom. The van der Waals surface area contributed by atoms with E-state index in [0.29, 0.717) is 5.58 Å². The first-order valence-electron chi connectivity index (χ1n) is 6.08. The maximum atomic E-state index is 11.1. The van der Waals surface area contributed by atoms with Crippen LogP contribution in [0.5, 0.6) is 0 Å². The summed E-state index contributed by atoms with van der Waals surface area (Å²) in [4.78, 5) is 11.1. The maximum absolute atomic E-state index is 11.1. The third kappa shape index (κ3) is 2.63. The SMILES string of the molecule is O=c1ccc2cc(C=Cc3ccccc3)ccc2o1. The molecule has 1 aromatic heterocycles. The molecule has 0 aliphatic rings. The second-order valence-electron chi connectivity index (χ2n) is 4.30. The minimum absolute atomic E-state index is 0.319. The average molecular weight is 248 g/mol. The molecule has 0 radical (unpaired) electrons. The Labute approximate surface area is 110 Å². The third-order valence-corrected chi connectivity index (χ3v) is 2.91. The molecule has 0 fully saturated rings. The molecule has 92 valence electrons. The first kappa shape index (κ1) is 11.5. The van der Waals surface area contributed by atoms with Crippen LogP contribution >= 0.6 is 0 Å². The molecule has 2 aromatic carbocycles. The van der Waals surface area contributed by atoms with Crippen molar-refractivity contribution in [3.63, 3.8) is 0 Å². The van der Waals surface area contributed by atoms with Crippen LogP contribution < -0.4 is 5.63 Å². The zero-order chi connectivity index (χ0) is 13.1. The van der Waals surface area contributed by atoms with E-state index in [1.54, 1.807) is 6.07 Å². The van der Waals surface area contributed by atoms with Crippen molar-refractivity contribution in [2.24, 2.45) is 0 Å². The first-order chi connectivity index (χ1) is 9.31. The van der Waals surface area contributed by atoms with Crippen molar-refractivity contribution in [3.8, 4) is 0 Å². The molecule has 0 unspecified atom stereocenters. The Morgan fingerprint density at radius 2 is 1.58 bits per heavy atom. The van der Waals surface area contributed by atoms with Crippen LogP contribution in [-0.2, 0) is 0 Å². The Hall–Kier alpha value is -2.61. The highest BCUT2D eigenvalue weighted by Gasteiger charge is 1.97. The maximum Gasteiger partial charge on any atom is 0.336 e. The molecule has 2 heteroatoms. The summed E-state index contributed by atoms with van der Waals surface area (Å²) in [6, 6.07) is 19.1. The number of hydrogen-bond acceptors (Lipinski definition) is 2. The molecular weight excluding hydrogens is 236 g/mol. The monoisotopic (exact) mass is 248 g/mol. The summed E-state index contributed by atoms with van der Waals surface area (Å²) in [6.07, 6.45) is 4.10. The van der Waals surface area contributed by atoms with Gasteiger partial charge in [0.05, 0.1) is 0 Å². The van der Waals surface area contributed by atoms with Crippen LogP contribution in [0.15, 0.2) is 69.9 Å². The second-order valence-corrected chi connectivity index (χ2v) is 4.30. The molecule has 0 spiro atoms. The van der Waals surface area contributed by atoms with Crippen molar-refractivity contribution >= 4 is 23.1 Å². The van der Waals surface area contributed by atoms with Gasteiger partial charge in [0.1, 0.15) is 5.58 Å². The summed E-state index contributed by atoms with van der Waals surface area (Å²) in [5.74, 6) is 0. The van der Waals surface area contributed by atoms with Gasteiger partial charge >= 0.3 is 5.63 Å². The van der Waals surface area contributed by atoms with Gasteiger partial charge in [0.15, 0.2) is 0 Å². The summed E-state index contributed by atoms with van der Waals surface area (Å²) in [5, 5.41) is 0.926. The fourth-order valence-corrected chi connectivity index (χ4v) is 1.95. The molecule has 0 amide bonds. The van der Waals surface area contributed by atoms with Crippen LogP contribution in [0.1, 0.15) is 11.1 Å². The minimum atomic E-state index is -0.319. The molecule has 0 aliphatic heterocycles. The van der Waals surface area contributed by atoms with Crippen molar-refractivity contribution in [3.05, 3.63) is 82.2 Å². The van der Waals surface area contributed by atoms with E-state index in [9.17, 15) is 4.79 Å². The van der Waals surface area contributed by atoms with E-state index in [2.05, 4.69) is 18.2 Å². The highest BCUT2D eigenvalue weighted by Crippen LogP contribution is 2.16. The lowest BCUT2D eigenvalue weighted by Crippen LogP contribution is -1.93. The fourth-order valence-electron chi connectivity index (χ4n) is 1.95. The fraction of sp³-hybridized carbons (Fsp3) is 0. The molecule has 19 heavy (non-hydrogen) atoms. The molecule has 1 heterocycles. The van der Waals surface area contributed by atoms with E-state index in [4.69, 9.17) is 4.42 Å². The summed E-state index contributed by atoms with van der Waals surface area (Å²) >= 11 is 0. The van der Waals surface area contributed by atoms with E-state index in [-0.39, 0.29) is 5.63 Å². The lowest BCUT2D eigenvalue weighted by Gasteiger charge is -1.98. The van der Waals surface area contributed by atoms with Crippen molar-refractivity contribution in [2.45, 2.75) is 0 Å². The molecule has 0 atom stereocenters. The van der Waals surface area contributed by atoms with E-state index in [1.165, 1.54) is 6.07 Å². The Bertz CT molecular complexity index is 783. The van der Waals surface area contributed by atoms with Crippen molar-refractivity contribution < 1.29 is 4.42 Å². The first-order valence-corrected chi connectivity index (χ1v) is 6.08. The predicted molar refractivity (Wildman–Crippen MR) is 77.9 cm³/mol. The van der Waals surface area contributed by atoms with Crippen LogP contribution in [-0.4, -0.2) is 0 Å². The molecule has 3 aromatic rings. The Balaban J connectivity index is 1.96. The van der Waals surface area contributed by atoms with Gasteiger partial charge in [-0.2, -0.15) is 0 Å². The molecule has 0 aliphatic carbocycles.